The number of aryl methyl sites for hydroxylation is 2. The van der Waals surface area contributed by atoms with Gasteiger partial charge in [-0.1, -0.05) is 6.07 Å². The molecular weight excluding hydrogens is 316 g/mol. The maximum Gasteiger partial charge on any atom is 0.266 e. The summed E-state index contributed by atoms with van der Waals surface area (Å²) in [7, 11) is 1.64. The van der Waals surface area contributed by atoms with Crippen molar-refractivity contribution in [3.63, 3.8) is 0 Å². The first-order valence-corrected chi connectivity index (χ1v) is 7.17. The summed E-state index contributed by atoms with van der Waals surface area (Å²) in [5.41, 5.74) is 9.41. The van der Waals surface area contributed by atoms with E-state index in [4.69, 9.17) is 5.73 Å². The Labute approximate surface area is 140 Å². The summed E-state index contributed by atoms with van der Waals surface area (Å²) in [5, 5.41) is 4.26. The number of benzene rings is 1. The van der Waals surface area contributed by atoms with E-state index in [1.54, 1.807) is 30.1 Å². The molecule has 0 atom stereocenters. The molecule has 1 aliphatic heterocycles. The molecule has 1 aromatic carbocycles. The van der Waals surface area contributed by atoms with Gasteiger partial charge in [-0.15, -0.1) is 12.4 Å². The van der Waals surface area contributed by atoms with Gasteiger partial charge in [-0.25, -0.2) is 4.68 Å². The molecule has 3 rings (SSSR count). The van der Waals surface area contributed by atoms with Crippen LogP contribution in [0.3, 0.4) is 0 Å². The van der Waals surface area contributed by atoms with E-state index in [2.05, 4.69) is 5.10 Å². The van der Waals surface area contributed by atoms with Crippen molar-refractivity contribution >= 4 is 24.0 Å². The molecular formula is C16H19ClN4O2. The molecule has 0 bridgehead atoms. The summed E-state index contributed by atoms with van der Waals surface area (Å²) < 4.78 is 1.33. The lowest BCUT2D eigenvalue weighted by Gasteiger charge is -2.28. The number of halogens is 1. The van der Waals surface area contributed by atoms with Crippen molar-refractivity contribution in [2.24, 2.45) is 7.05 Å². The van der Waals surface area contributed by atoms with E-state index in [9.17, 15) is 9.59 Å². The Bertz CT molecular complexity index is 816. The Morgan fingerprint density at radius 1 is 1.30 bits per heavy atom. The van der Waals surface area contributed by atoms with Gasteiger partial charge in [0, 0.05) is 49.4 Å². The van der Waals surface area contributed by atoms with Crippen molar-refractivity contribution in [1.29, 1.82) is 0 Å². The molecule has 2 aromatic rings. The number of nitrogens with zero attached hydrogens (tertiary/aromatic N) is 3. The number of nitrogens with two attached hydrogens (primary N) is 1. The number of hydrogen-bond acceptors (Lipinski definition) is 4. The number of aromatic nitrogens is 2. The highest BCUT2D eigenvalue weighted by atomic mass is 35.5. The first kappa shape index (κ1) is 17.0. The van der Waals surface area contributed by atoms with E-state index in [0.29, 0.717) is 30.8 Å². The molecule has 0 saturated heterocycles. The predicted molar refractivity (Wildman–Crippen MR) is 90.8 cm³/mol. The Hall–Kier alpha value is -2.34. The van der Waals surface area contributed by atoms with Crippen molar-refractivity contribution in [2.45, 2.75) is 19.9 Å². The Morgan fingerprint density at radius 3 is 2.78 bits per heavy atom. The van der Waals surface area contributed by atoms with Crippen LogP contribution >= 0.6 is 12.4 Å². The molecule has 1 amide bonds. The van der Waals surface area contributed by atoms with Gasteiger partial charge in [-0.05, 0) is 24.6 Å². The van der Waals surface area contributed by atoms with Gasteiger partial charge in [-0.2, -0.15) is 5.10 Å². The van der Waals surface area contributed by atoms with Gasteiger partial charge >= 0.3 is 0 Å². The highest BCUT2D eigenvalue weighted by molar-refractivity contribution is 5.96. The number of rotatable bonds is 1. The summed E-state index contributed by atoms with van der Waals surface area (Å²) in [6, 6.07) is 6.90. The standard InChI is InChI=1S/C16H18N4O2.ClH/c1-10-3-4-12(17)8-13(10)16(22)20-6-5-14-11(9-20)7-15(21)19(2)18-14;/h3-4,7-8H,5-6,9,17H2,1-2H3;1H. The number of hydrogen-bond donors (Lipinski definition) is 1. The van der Waals surface area contributed by atoms with Gasteiger partial charge < -0.3 is 10.6 Å². The molecule has 0 aliphatic carbocycles. The Balaban J connectivity index is 0.00000192. The zero-order valence-corrected chi connectivity index (χ0v) is 13.9. The predicted octanol–water partition coefficient (Wildman–Crippen LogP) is 1.29. The number of amides is 1. The molecule has 1 aliphatic rings. The van der Waals surface area contributed by atoms with Crippen molar-refractivity contribution in [3.8, 4) is 0 Å². The normalized spacial score (nSPS) is 13.2. The number of nitrogen functional groups attached to an aromatic ring is 1. The second kappa shape index (κ2) is 6.42. The summed E-state index contributed by atoms with van der Waals surface area (Å²) in [5.74, 6) is -0.0591. The SMILES string of the molecule is Cc1ccc(N)cc1C(=O)N1CCc2nn(C)c(=O)cc2C1.Cl. The van der Waals surface area contributed by atoms with Crippen molar-refractivity contribution in [1.82, 2.24) is 14.7 Å². The van der Waals surface area contributed by atoms with Crippen LogP contribution in [-0.2, 0) is 20.0 Å². The third-order valence-electron chi connectivity index (χ3n) is 4.02. The number of fused-ring (bicyclic) bond motifs is 1. The fourth-order valence-electron chi connectivity index (χ4n) is 2.71. The van der Waals surface area contributed by atoms with Gasteiger partial charge in [-0.3, -0.25) is 9.59 Å². The lowest BCUT2D eigenvalue weighted by molar-refractivity contribution is 0.0732. The van der Waals surface area contributed by atoms with Gasteiger partial charge in [0.1, 0.15) is 0 Å². The zero-order chi connectivity index (χ0) is 15.9. The fourth-order valence-corrected chi connectivity index (χ4v) is 2.71. The van der Waals surface area contributed by atoms with Crippen LogP contribution < -0.4 is 11.3 Å². The van der Waals surface area contributed by atoms with Crippen LogP contribution in [0.4, 0.5) is 5.69 Å². The molecule has 0 spiro atoms. The lowest BCUT2D eigenvalue weighted by atomic mass is 10.0. The molecule has 2 heterocycles. The molecule has 23 heavy (non-hydrogen) atoms. The first-order valence-electron chi connectivity index (χ1n) is 7.17. The number of anilines is 1. The van der Waals surface area contributed by atoms with Gasteiger partial charge in [0.15, 0.2) is 0 Å². The summed E-state index contributed by atoms with van der Waals surface area (Å²) >= 11 is 0. The molecule has 0 fully saturated rings. The van der Waals surface area contributed by atoms with Crippen LogP contribution in [0, 0.1) is 6.92 Å². The van der Waals surface area contributed by atoms with Crippen LogP contribution in [0.25, 0.3) is 0 Å². The first-order chi connectivity index (χ1) is 10.5. The highest BCUT2D eigenvalue weighted by Crippen LogP contribution is 2.20. The maximum atomic E-state index is 12.7. The zero-order valence-electron chi connectivity index (χ0n) is 13.1. The Kier molecular flexibility index (Phi) is 4.75. The van der Waals surface area contributed by atoms with Crippen LogP contribution in [-0.4, -0.2) is 27.1 Å². The third-order valence-corrected chi connectivity index (χ3v) is 4.02. The topological polar surface area (TPSA) is 81.2 Å². The van der Waals surface area contributed by atoms with Crippen molar-refractivity contribution in [2.75, 3.05) is 12.3 Å². The Morgan fingerprint density at radius 2 is 2.04 bits per heavy atom. The smallest absolute Gasteiger partial charge is 0.266 e. The average molecular weight is 335 g/mol. The van der Waals surface area contributed by atoms with E-state index in [-0.39, 0.29) is 23.9 Å². The molecule has 122 valence electrons. The molecule has 7 heteroatoms. The third kappa shape index (κ3) is 3.22. The van der Waals surface area contributed by atoms with E-state index in [1.807, 2.05) is 13.0 Å². The average Bonchev–Trinajstić information content (AvgIpc) is 2.50. The monoisotopic (exact) mass is 334 g/mol. The molecule has 1 aromatic heterocycles. The van der Waals surface area contributed by atoms with Gasteiger partial charge in [0.2, 0.25) is 0 Å². The van der Waals surface area contributed by atoms with Gasteiger partial charge in [0.25, 0.3) is 11.5 Å². The molecule has 6 nitrogen and oxygen atoms in total. The summed E-state index contributed by atoms with van der Waals surface area (Å²) in [6.07, 6.45) is 0.649. The number of carbonyl (C=O) groups excluding carboxylic acids is 1. The van der Waals surface area contributed by atoms with Gasteiger partial charge in [0.05, 0.1) is 5.69 Å². The van der Waals surface area contributed by atoms with E-state index >= 15 is 0 Å². The highest BCUT2D eigenvalue weighted by Gasteiger charge is 2.24. The van der Waals surface area contributed by atoms with E-state index in [1.165, 1.54) is 4.68 Å². The largest absolute Gasteiger partial charge is 0.399 e. The second-order valence-electron chi connectivity index (χ2n) is 5.63. The molecule has 0 radical (unpaired) electrons. The minimum Gasteiger partial charge on any atom is -0.399 e. The lowest BCUT2D eigenvalue weighted by Crippen LogP contribution is -2.38. The molecule has 0 unspecified atom stereocenters. The molecule has 2 N–H and O–H groups in total. The van der Waals surface area contributed by atoms with Crippen molar-refractivity contribution < 1.29 is 4.79 Å². The van der Waals surface area contributed by atoms with Crippen LogP contribution in [0.15, 0.2) is 29.1 Å². The van der Waals surface area contributed by atoms with E-state index in [0.717, 1.165) is 16.8 Å². The van der Waals surface area contributed by atoms with Crippen LogP contribution in [0.1, 0.15) is 27.2 Å². The minimum absolute atomic E-state index is 0. The van der Waals surface area contributed by atoms with Crippen LogP contribution in [0.5, 0.6) is 0 Å². The van der Waals surface area contributed by atoms with Crippen LogP contribution in [0.2, 0.25) is 0 Å². The summed E-state index contributed by atoms with van der Waals surface area (Å²) in [6.45, 7) is 2.89. The summed E-state index contributed by atoms with van der Waals surface area (Å²) in [4.78, 5) is 26.2. The van der Waals surface area contributed by atoms with E-state index < -0.39 is 0 Å². The maximum absolute atomic E-state index is 12.7. The fraction of sp³-hybridized carbons (Fsp3) is 0.312. The molecule has 0 saturated carbocycles. The minimum atomic E-state index is -0.159. The number of carbonyl (C=O) groups is 1. The van der Waals surface area contributed by atoms with Crippen molar-refractivity contribution in [3.05, 3.63) is 57.0 Å². The quantitative estimate of drug-likeness (QED) is 0.797. The second-order valence-corrected chi connectivity index (χ2v) is 5.63.